The summed E-state index contributed by atoms with van der Waals surface area (Å²) in [5.74, 6) is 2.34. The maximum Gasteiger partial charge on any atom is 0.186 e. The van der Waals surface area contributed by atoms with E-state index in [1.54, 1.807) is 0 Å². The fourth-order valence-corrected chi connectivity index (χ4v) is 7.36. The van der Waals surface area contributed by atoms with E-state index >= 15 is 0 Å². The molecule has 232 valence electrons. The largest absolute Gasteiger partial charge is 0.485 e. The first-order valence-corrected chi connectivity index (χ1v) is 16.7. The zero-order chi connectivity index (χ0) is 32.3. The number of benzene rings is 6. The predicted molar refractivity (Wildman–Crippen MR) is 198 cm³/mol. The smallest absolute Gasteiger partial charge is 0.186 e. The second-order valence-corrected chi connectivity index (χ2v) is 12.8. The number of ether oxygens (including phenoxy) is 1. The summed E-state index contributed by atoms with van der Waals surface area (Å²) < 4.78 is 6.78. The summed E-state index contributed by atoms with van der Waals surface area (Å²) in [5, 5.41) is 10.7. The molecule has 6 aromatic carbocycles. The van der Waals surface area contributed by atoms with Gasteiger partial charge in [0, 0.05) is 34.2 Å². The van der Waals surface area contributed by atoms with Gasteiger partial charge in [0.2, 0.25) is 0 Å². The van der Waals surface area contributed by atoms with Crippen LogP contribution in [0.2, 0.25) is 0 Å². The van der Waals surface area contributed by atoms with Crippen molar-refractivity contribution in [3.8, 4) is 17.0 Å². The fraction of sp³-hybridized carbons (Fsp3) is 0.0682. The van der Waals surface area contributed by atoms with E-state index in [-0.39, 0.29) is 12.0 Å². The SMILES string of the molecule is C1=c2ccccc2=CC2c3c(cc(-c4ccc5ccccc5c4)nc3C3N=C(c4ccccc4)NC(c4ccc5ccccc5c4)=N3)OC12. The van der Waals surface area contributed by atoms with E-state index in [1.165, 1.54) is 26.6 Å². The molecule has 0 bridgehead atoms. The van der Waals surface area contributed by atoms with Crippen LogP contribution in [0.5, 0.6) is 5.75 Å². The van der Waals surface area contributed by atoms with Crippen molar-refractivity contribution < 1.29 is 4.74 Å². The minimum atomic E-state index is -0.597. The van der Waals surface area contributed by atoms with E-state index in [9.17, 15) is 0 Å². The molecule has 0 spiro atoms. The third-order valence-electron chi connectivity index (χ3n) is 9.80. The number of aliphatic imine (C=N–C) groups is 2. The molecule has 10 rings (SSSR count). The molecule has 3 atom stereocenters. The van der Waals surface area contributed by atoms with Crippen molar-refractivity contribution in [1.82, 2.24) is 10.3 Å². The highest BCUT2D eigenvalue weighted by Gasteiger charge is 2.39. The Morgan fingerprint density at radius 2 is 1.10 bits per heavy atom. The van der Waals surface area contributed by atoms with Crippen LogP contribution in [0.3, 0.4) is 0 Å². The molecule has 1 aliphatic carbocycles. The van der Waals surface area contributed by atoms with Crippen LogP contribution < -0.4 is 20.5 Å². The number of aromatic nitrogens is 1. The first-order chi connectivity index (χ1) is 24.2. The molecule has 3 unspecified atom stereocenters. The zero-order valence-corrected chi connectivity index (χ0v) is 26.5. The zero-order valence-electron chi connectivity index (χ0n) is 26.5. The van der Waals surface area contributed by atoms with Gasteiger partial charge < -0.3 is 10.1 Å². The number of pyridine rings is 1. The molecule has 49 heavy (non-hydrogen) atoms. The van der Waals surface area contributed by atoms with E-state index in [0.29, 0.717) is 0 Å². The Labute approximate surface area is 283 Å². The molecule has 1 aromatic heterocycles. The van der Waals surface area contributed by atoms with Gasteiger partial charge in [-0.2, -0.15) is 0 Å². The minimum Gasteiger partial charge on any atom is -0.485 e. The summed E-state index contributed by atoms with van der Waals surface area (Å²) in [7, 11) is 0. The number of nitrogens with zero attached hydrogens (tertiary/aromatic N) is 3. The molecule has 3 aliphatic rings. The third-order valence-corrected chi connectivity index (χ3v) is 9.80. The Morgan fingerprint density at radius 3 is 1.84 bits per heavy atom. The van der Waals surface area contributed by atoms with E-state index in [0.717, 1.165) is 56.4 Å². The summed E-state index contributed by atoms with van der Waals surface area (Å²) >= 11 is 0. The summed E-state index contributed by atoms with van der Waals surface area (Å²) in [6.45, 7) is 0. The molecule has 7 aromatic rings. The summed E-state index contributed by atoms with van der Waals surface area (Å²) in [4.78, 5) is 16.0. The van der Waals surface area contributed by atoms with Crippen LogP contribution >= 0.6 is 0 Å². The summed E-state index contributed by atoms with van der Waals surface area (Å²) in [6, 6.07) is 50.6. The van der Waals surface area contributed by atoms with Crippen molar-refractivity contribution in [3.05, 3.63) is 178 Å². The van der Waals surface area contributed by atoms with Crippen LogP contribution in [-0.2, 0) is 0 Å². The monoisotopic (exact) mass is 630 g/mol. The molecule has 1 N–H and O–H groups in total. The normalized spacial score (nSPS) is 18.9. The number of amidine groups is 2. The second kappa shape index (κ2) is 11.1. The van der Waals surface area contributed by atoms with Crippen molar-refractivity contribution in [1.29, 1.82) is 0 Å². The van der Waals surface area contributed by atoms with Gasteiger partial charge in [0.25, 0.3) is 0 Å². The van der Waals surface area contributed by atoms with Crippen molar-refractivity contribution in [2.75, 3.05) is 0 Å². The quantitative estimate of drug-likeness (QED) is 0.217. The van der Waals surface area contributed by atoms with Crippen LogP contribution in [-0.4, -0.2) is 22.8 Å². The van der Waals surface area contributed by atoms with E-state index < -0.39 is 6.17 Å². The minimum absolute atomic E-state index is 0.0115. The fourth-order valence-electron chi connectivity index (χ4n) is 7.36. The second-order valence-electron chi connectivity index (χ2n) is 12.8. The highest BCUT2D eigenvalue weighted by atomic mass is 16.5. The summed E-state index contributed by atoms with van der Waals surface area (Å²) in [5.41, 5.74) is 5.71. The summed E-state index contributed by atoms with van der Waals surface area (Å²) in [6.07, 6.45) is 3.83. The molecule has 5 heteroatoms. The Bertz CT molecular complexity index is 2640. The molecule has 0 saturated carbocycles. The van der Waals surface area contributed by atoms with E-state index in [4.69, 9.17) is 19.7 Å². The average molecular weight is 631 g/mol. The van der Waals surface area contributed by atoms with Crippen molar-refractivity contribution in [3.63, 3.8) is 0 Å². The van der Waals surface area contributed by atoms with Gasteiger partial charge in [-0.1, -0.05) is 133 Å². The lowest BCUT2D eigenvalue weighted by Crippen LogP contribution is -2.36. The molecule has 3 heterocycles. The van der Waals surface area contributed by atoms with Crippen LogP contribution in [0.15, 0.2) is 156 Å². The lowest BCUT2D eigenvalue weighted by Gasteiger charge is -2.24. The lowest BCUT2D eigenvalue weighted by molar-refractivity contribution is 0.288. The molecule has 0 fully saturated rings. The van der Waals surface area contributed by atoms with Crippen LogP contribution in [0.4, 0.5) is 0 Å². The number of fused-ring (bicyclic) bond motifs is 6. The highest BCUT2D eigenvalue weighted by molar-refractivity contribution is 6.16. The van der Waals surface area contributed by atoms with Crippen LogP contribution in [0.1, 0.15) is 34.5 Å². The van der Waals surface area contributed by atoms with Gasteiger partial charge in [0.05, 0.1) is 11.4 Å². The van der Waals surface area contributed by atoms with Gasteiger partial charge in [-0.25, -0.2) is 15.0 Å². The molecule has 2 aliphatic heterocycles. The average Bonchev–Trinajstić information content (AvgIpc) is 3.53. The maximum atomic E-state index is 6.78. The van der Waals surface area contributed by atoms with Crippen molar-refractivity contribution >= 4 is 45.4 Å². The molecular formula is C44H30N4O. The topological polar surface area (TPSA) is 58.9 Å². The van der Waals surface area contributed by atoms with Gasteiger partial charge in [-0.05, 0) is 50.2 Å². The van der Waals surface area contributed by atoms with Gasteiger partial charge in [0.15, 0.2) is 6.17 Å². The van der Waals surface area contributed by atoms with Crippen molar-refractivity contribution in [2.45, 2.75) is 18.2 Å². The van der Waals surface area contributed by atoms with Gasteiger partial charge >= 0.3 is 0 Å². The van der Waals surface area contributed by atoms with Gasteiger partial charge in [-0.15, -0.1) is 0 Å². The maximum absolute atomic E-state index is 6.78. The Balaban J connectivity index is 1.19. The number of hydrogen-bond acceptors (Lipinski definition) is 5. The molecule has 0 radical (unpaired) electrons. The predicted octanol–water partition coefficient (Wildman–Crippen LogP) is 7.67. The molecule has 5 nitrogen and oxygen atoms in total. The Kier molecular flexibility index (Phi) is 6.31. The molecular weight excluding hydrogens is 601 g/mol. The standard InChI is InChI=1S/C44H30N4O/c1-2-12-29(13-3-1)42-46-43(35-21-19-28-11-5-7-15-31(28)23-35)48-44(47-42)41-40-36-24-32-16-8-9-17-33(32)25-38(36)49-39(40)26-37(45-41)34-20-18-27-10-4-6-14-30(27)22-34/h1-26,36,38,44H,(H,46,47,48). The Hall–Kier alpha value is -6.33. The number of rotatable bonds is 4. The number of nitrogens with one attached hydrogen (secondary N) is 1. The van der Waals surface area contributed by atoms with Gasteiger partial charge in [0.1, 0.15) is 23.5 Å². The first kappa shape index (κ1) is 27.8. The van der Waals surface area contributed by atoms with Crippen LogP contribution in [0.25, 0.3) is 45.0 Å². The molecule has 0 saturated heterocycles. The highest BCUT2D eigenvalue weighted by Crippen LogP contribution is 2.46. The lowest BCUT2D eigenvalue weighted by atomic mass is 9.88. The van der Waals surface area contributed by atoms with Crippen LogP contribution in [0, 0.1) is 0 Å². The van der Waals surface area contributed by atoms with E-state index in [2.05, 4.69) is 145 Å². The van der Waals surface area contributed by atoms with Gasteiger partial charge in [-0.3, -0.25) is 0 Å². The number of hydrogen-bond donors (Lipinski definition) is 1. The Morgan fingerprint density at radius 1 is 0.510 bits per heavy atom. The van der Waals surface area contributed by atoms with Crippen molar-refractivity contribution in [2.24, 2.45) is 9.98 Å². The first-order valence-electron chi connectivity index (χ1n) is 16.7. The third kappa shape index (κ3) is 4.82. The molecule has 0 amide bonds. The van der Waals surface area contributed by atoms with E-state index in [1.807, 2.05) is 18.2 Å².